The molecule has 0 spiro atoms. The third kappa shape index (κ3) is 2.92. The van der Waals surface area contributed by atoms with Crippen LogP contribution in [0.25, 0.3) is 0 Å². The molecule has 1 aliphatic heterocycles. The van der Waals surface area contributed by atoms with Crippen molar-refractivity contribution in [1.82, 2.24) is 0 Å². The van der Waals surface area contributed by atoms with Crippen LogP contribution in [0.2, 0.25) is 0 Å². The molecule has 19 heavy (non-hydrogen) atoms. The molecule has 1 aliphatic rings. The van der Waals surface area contributed by atoms with E-state index in [4.69, 9.17) is 14.2 Å². The first-order valence-corrected chi connectivity index (χ1v) is 6.18. The molecule has 2 rings (SSSR count). The van der Waals surface area contributed by atoms with Gasteiger partial charge in [-0.2, -0.15) is 0 Å². The lowest BCUT2D eigenvalue weighted by Gasteiger charge is -2.21. The molecule has 0 atom stereocenters. The van der Waals surface area contributed by atoms with E-state index in [1.807, 2.05) is 40.7 Å². The molecule has 1 aromatic carbocycles. The molecule has 1 aromatic rings. The van der Waals surface area contributed by atoms with Gasteiger partial charge in [-0.05, 0) is 46.2 Å². The van der Waals surface area contributed by atoms with Crippen LogP contribution in [0.15, 0.2) is 6.07 Å². The Morgan fingerprint density at radius 3 is 2.63 bits per heavy atom. The van der Waals surface area contributed by atoms with Crippen molar-refractivity contribution < 1.29 is 19.0 Å². The number of nitrogens with one attached hydrogen (secondary N) is 1. The van der Waals surface area contributed by atoms with Crippen LogP contribution in [0.4, 0.5) is 10.5 Å². The minimum atomic E-state index is -0.526. The first-order valence-electron chi connectivity index (χ1n) is 6.18. The van der Waals surface area contributed by atoms with E-state index in [1.54, 1.807) is 0 Å². The molecule has 104 valence electrons. The summed E-state index contributed by atoms with van der Waals surface area (Å²) in [5.74, 6) is 1.39. The number of fused-ring (bicyclic) bond motifs is 1. The standard InChI is InChI=1S/C14H19NO4/c1-8-6-10-12(18-7-17-10)9(2)11(8)15-13(16)19-14(3,4)5/h6H,7H2,1-5H3,(H,15,16). The van der Waals surface area contributed by atoms with E-state index in [1.165, 1.54) is 0 Å². The van der Waals surface area contributed by atoms with E-state index in [-0.39, 0.29) is 6.79 Å². The predicted molar refractivity (Wildman–Crippen MR) is 71.9 cm³/mol. The first kappa shape index (κ1) is 13.5. The highest BCUT2D eigenvalue weighted by Gasteiger charge is 2.23. The van der Waals surface area contributed by atoms with Crippen LogP contribution in [0.3, 0.4) is 0 Å². The normalized spacial score (nSPS) is 13.3. The number of anilines is 1. The molecule has 0 aromatic heterocycles. The number of carbonyl (C=O) groups excluding carboxylic acids is 1. The van der Waals surface area contributed by atoms with Crippen molar-refractivity contribution in [3.63, 3.8) is 0 Å². The highest BCUT2D eigenvalue weighted by molar-refractivity contribution is 5.88. The Bertz CT molecular complexity index is 517. The zero-order valence-electron chi connectivity index (χ0n) is 11.9. The van der Waals surface area contributed by atoms with Crippen molar-refractivity contribution in [3.8, 4) is 11.5 Å². The van der Waals surface area contributed by atoms with Crippen LogP contribution in [0.1, 0.15) is 31.9 Å². The van der Waals surface area contributed by atoms with E-state index >= 15 is 0 Å². The first-order chi connectivity index (χ1) is 8.78. The lowest BCUT2D eigenvalue weighted by Crippen LogP contribution is -2.27. The second-order valence-corrected chi connectivity index (χ2v) is 5.55. The summed E-state index contributed by atoms with van der Waals surface area (Å²) in [6.07, 6.45) is -0.474. The van der Waals surface area contributed by atoms with Gasteiger partial charge in [0.1, 0.15) is 5.60 Å². The highest BCUT2D eigenvalue weighted by Crippen LogP contribution is 2.41. The van der Waals surface area contributed by atoms with Gasteiger partial charge in [0.15, 0.2) is 11.5 Å². The zero-order valence-corrected chi connectivity index (χ0v) is 11.9. The van der Waals surface area contributed by atoms with Crippen LogP contribution in [0.5, 0.6) is 11.5 Å². The maximum absolute atomic E-state index is 11.8. The van der Waals surface area contributed by atoms with Crippen molar-refractivity contribution in [3.05, 3.63) is 17.2 Å². The van der Waals surface area contributed by atoms with Crippen LogP contribution in [-0.2, 0) is 4.74 Å². The Hall–Kier alpha value is -1.91. The third-order valence-electron chi connectivity index (χ3n) is 2.72. The Kier molecular flexibility index (Phi) is 3.30. The number of amides is 1. The number of hydrogen-bond donors (Lipinski definition) is 1. The summed E-state index contributed by atoms with van der Waals surface area (Å²) in [6, 6.07) is 1.85. The average molecular weight is 265 g/mol. The lowest BCUT2D eigenvalue weighted by atomic mass is 10.1. The molecule has 5 heteroatoms. The van der Waals surface area contributed by atoms with Gasteiger partial charge in [-0.25, -0.2) is 4.79 Å². The summed E-state index contributed by atoms with van der Waals surface area (Å²) in [7, 11) is 0. The fraction of sp³-hybridized carbons (Fsp3) is 0.500. The van der Waals surface area contributed by atoms with Crippen LogP contribution < -0.4 is 14.8 Å². The smallest absolute Gasteiger partial charge is 0.412 e. The van der Waals surface area contributed by atoms with Crippen molar-refractivity contribution in [2.45, 2.75) is 40.2 Å². The second kappa shape index (κ2) is 4.64. The summed E-state index contributed by atoms with van der Waals surface area (Å²) >= 11 is 0. The number of hydrogen-bond acceptors (Lipinski definition) is 4. The predicted octanol–water partition coefficient (Wildman–Crippen LogP) is 3.38. The second-order valence-electron chi connectivity index (χ2n) is 5.55. The van der Waals surface area contributed by atoms with Crippen LogP contribution >= 0.6 is 0 Å². The molecule has 0 fully saturated rings. The summed E-state index contributed by atoms with van der Waals surface area (Å²) in [4.78, 5) is 11.8. The number of benzene rings is 1. The van der Waals surface area contributed by atoms with E-state index in [0.717, 1.165) is 11.1 Å². The maximum atomic E-state index is 11.8. The highest BCUT2D eigenvalue weighted by atomic mass is 16.7. The van der Waals surface area contributed by atoms with E-state index in [2.05, 4.69) is 5.32 Å². The topological polar surface area (TPSA) is 56.8 Å². The molecule has 0 radical (unpaired) electrons. The van der Waals surface area contributed by atoms with Crippen LogP contribution in [-0.4, -0.2) is 18.5 Å². The number of rotatable bonds is 1. The summed E-state index contributed by atoms with van der Waals surface area (Å²) in [5, 5.41) is 2.77. The number of ether oxygens (including phenoxy) is 3. The van der Waals surface area contributed by atoms with Gasteiger partial charge in [0, 0.05) is 5.56 Å². The molecule has 1 heterocycles. The summed E-state index contributed by atoms with van der Waals surface area (Å²) < 4.78 is 16.0. The quantitative estimate of drug-likeness (QED) is 0.845. The van der Waals surface area contributed by atoms with Crippen molar-refractivity contribution in [2.24, 2.45) is 0 Å². The molecule has 0 unspecified atom stereocenters. The van der Waals surface area contributed by atoms with Crippen LogP contribution in [0, 0.1) is 13.8 Å². The molecule has 1 N–H and O–H groups in total. The Labute approximate surface area is 112 Å². The fourth-order valence-electron chi connectivity index (χ4n) is 1.96. The van der Waals surface area contributed by atoms with Gasteiger partial charge in [-0.15, -0.1) is 0 Å². The molecular formula is C14H19NO4. The minimum Gasteiger partial charge on any atom is -0.454 e. The fourth-order valence-corrected chi connectivity index (χ4v) is 1.96. The van der Waals surface area contributed by atoms with Gasteiger partial charge in [-0.3, -0.25) is 5.32 Å². The SMILES string of the molecule is Cc1cc2c(c(C)c1NC(=O)OC(C)(C)C)OCO2. The van der Waals surface area contributed by atoms with E-state index in [0.29, 0.717) is 17.2 Å². The lowest BCUT2D eigenvalue weighted by molar-refractivity contribution is 0.0635. The Morgan fingerprint density at radius 1 is 1.32 bits per heavy atom. The van der Waals surface area contributed by atoms with Gasteiger partial charge in [0.05, 0.1) is 5.69 Å². The van der Waals surface area contributed by atoms with Gasteiger partial charge >= 0.3 is 6.09 Å². The summed E-state index contributed by atoms with van der Waals surface area (Å²) in [5.41, 5.74) is 1.94. The third-order valence-corrected chi connectivity index (χ3v) is 2.72. The molecule has 0 saturated heterocycles. The molecular weight excluding hydrogens is 246 g/mol. The zero-order chi connectivity index (χ0) is 14.2. The summed E-state index contributed by atoms with van der Waals surface area (Å²) in [6.45, 7) is 9.48. The van der Waals surface area contributed by atoms with Gasteiger partial charge in [-0.1, -0.05) is 0 Å². The molecule has 5 nitrogen and oxygen atoms in total. The van der Waals surface area contributed by atoms with Crippen molar-refractivity contribution in [1.29, 1.82) is 0 Å². The molecule has 0 bridgehead atoms. The minimum absolute atomic E-state index is 0.214. The maximum Gasteiger partial charge on any atom is 0.412 e. The van der Waals surface area contributed by atoms with Gasteiger partial charge in [0.2, 0.25) is 6.79 Å². The van der Waals surface area contributed by atoms with E-state index in [9.17, 15) is 4.79 Å². The molecule has 1 amide bonds. The number of carbonyl (C=O) groups is 1. The average Bonchev–Trinajstić information content (AvgIpc) is 2.69. The molecule has 0 aliphatic carbocycles. The van der Waals surface area contributed by atoms with Crippen molar-refractivity contribution >= 4 is 11.8 Å². The van der Waals surface area contributed by atoms with Crippen molar-refractivity contribution in [2.75, 3.05) is 12.1 Å². The monoisotopic (exact) mass is 265 g/mol. The van der Waals surface area contributed by atoms with E-state index < -0.39 is 11.7 Å². The number of aryl methyl sites for hydroxylation is 1. The van der Waals surface area contributed by atoms with Gasteiger partial charge < -0.3 is 14.2 Å². The molecule has 0 saturated carbocycles. The van der Waals surface area contributed by atoms with Gasteiger partial charge in [0.25, 0.3) is 0 Å². The Morgan fingerprint density at radius 2 is 2.00 bits per heavy atom. The Balaban J connectivity index is 2.24. The largest absolute Gasteiger partial charge is 0.454 e.